The molecule has 1 aliphatic rings. The molecule has 1 aromatic carbocycles. The second-order valence-corrected chi connectivity index (χ2v) is 5.28. The van der Waals surface area contributed by atoms with Crippen LogP contribution in [0, 0.1) is 16.0 Å². The number of carbonyl (C=O) groups excluding carboxylic acids is 1. The second-order valence-electron chi connectivity index (χ2n) is 5.28. The van der Waals surface area contributed by atoms with Gasteiger partial charge in [0.25, 0.3) is 5.91 Å². The topological polar surface area (TPSA) is 95.7 Å². The standard InChI is InChI=1S/C14H19N3O4.ClH/c1-15-8-10-3-2-6-16(9-10)14(19)11-4-5-12(17(20)21)13(18)7-11;/h4-5,7,10,15,18H,2-3,6,8-9H2,1H3;1H. The summed E-state index contributed by atoms with van der Waals surface area (Å²) in [6.45, 7) is 2.20. The molecule has 1 unspecified atom stereocenters. The summed E-state index contributed by atoms with van der Waals surface area (Å²) >= 11 is 0. The van der Waals surface area contributed by atoms with Gasteiger partial charge in [0.1, 0.15) is 0 Å². The first-order valence-corrected chi connectivity index (χ1v) is 6.94. The van der Waals surface area contributed by atoms with E-state index in [2.05, 4.69) is 5.32 Å². The Morgan fingerprint density at radius 3 is 2.86 bits per heavy atom. The Balaban J connectivity index is 0.00000242. The van der Waals surface area contributed by atoms with Crippen LogP contribution in [0.25, 0.3) is 0 Å². The Kier molecular flexibility index (Phi) is 6.58. The Hall–Kier alpha value is -1.86. The van der Waals surface area contributed by atoms with E-state index < -0.39 is 16.4 Å². The first-order valence-electron chi connectivity index (χ1n) is 6.94. The van der Waals surface area contributed by atoms with Crippen molar-refractivity contribution in [3.63, 3.8) is 0 Å². The summed E-state index contributed by atoms with van der Waals surface area (Å²) in [5.74, 6) is -0.255. The number of benzene rings is 1. The molecule has 0 spiro atoms. The molecule has 0 aliphatic carbocycles. The summed E-state index contributed by atoms with van der Waals surface area (Å²) in [6, 6.07) is 3.72. The number of rotatable bonds is 4. The third kappa shape index (κ3) is 4.08. The van der Waals surface area contributed by atoms with E-state index in [9.17, 15) is 20.0 Å². The summed E-state index contributed by atoms with van der Waals surface area (Å²) < 4.78 is 0. The highest BCUT2D eigenvalue weighted by atomic mass is 35.5. The highest BCUT2D eigenvalue weighted by Crippen LogP contribution is 2.27. The van der Waals surface area contributed by atoms with E-state index in [0.29, 0.717) is 19.0 Å². The van der Waals surface area contributed by atoms with Gasteiger partial charge in [-0.15, -0.1) is 12.4 Å². The van der Waals surface area contributed by atoms with Gasteiger partial charge in [0.15, 0.2) is 5.75 Å². The SMILES string of the molecule is CNCC1CCCN(C(=O)c2ccc([N+](=O)[O-])c(O)c2)C1.Cl. The number of nitrogens with one attached hydrogen (secondary N) is 1. The number of aromatic hydroxyl groups is 1. The van der Waals surface area contributed by atoms with Crippen LogP contribution >= 0.6 is 12.4 Å². The van der Waals surface area contributed by atoms with E-state index in [-0.39, 0.29) is 23.9 Å². The molecule has 0 saturated carbocycles. The molecule has 1 atom stereocenters. The zero-order chi connectivity index (χ0) is 15.4. The predicted molar refractivity (Wildman–Crippen MR) is 84.6 cm³/mol. The van der Waals surface area contributed by atoms with E-state index in [1.54, 1.807) is 4.90 Å². The Morgan fingerprint density at radius 2 is 2.27 bits per heavy atom. The Labute approximate surface area is 134 Å². The van der Waals surface area contributed by atoms with E-state index >= 15 is 0 Å². The molecule has 0 radical (unpaired) electrons. The summed E-state index contributed by atoms with van der Waals surface area (Å²) in [5.41, 5.74) is -0.110. The average Bonchev–Trinajstić information content (AvgIpc) is 2.46. The molecular formula is C14H20ClN3O4. The van der Waals surface area contributed by atoms with Crippen molar-refractivity contribution < 1.29 is 14.8 Å². The molecule has 1 aliphatic heterocycles. The van der Waals surface area contributed by atoms with Crippen LogP contribution in [0.4, 0.5) is 5.69 Å². The van der Waals surface area contributed by atoms with Crippen LogP contribution < -0.4 is 5.32 Å². The predicted octanol–water partition coefficient (Wildman–Crippen LogP) is 1.79. The number of hydrogen-bond donors (Lipinski definition) is 2. The summed E-state index contributed by atoms with van der Waals surface area (Å²) in [4.78, 5) is 24.1. The van der Waals surface area contributed by atoms with Crippen molar-refractivity contribution >= 4 is 24.0 Å². The summed E-state index contributed by atoms with van der Waals surface area (Å²) in [5, 5.41) is 23.4. The van der Waals surface area contributed by atoms with Crippen molar-refractivity contribution in [2.45, 2.75) is 12.8 Å². The fourth-order valence-corrected chi connectivity index (χ4v) is 2.70. The van der Waals surface area contributed by atoms with Crippen molar-refractivity contribution in [1.29, 1.82) is 0 Å². The number of phenolic OH excluding ortho intramolecular Hbond substituents is 1. The third-order valence-electron chi connectivity index (χ3n) is 3.72. The Bertz CT molecular complexity index is 551. The highest BCUT2D eigenvalue weighted by molar-refractivity contribution is 5.95. The van der Waals surface area contributed by atoms with Crippen LogP contribution in [0.5, 0.6) is 5.75 Å². The number of phenols is 1. The molecule has 22 heavy (non-hydrogen) atoms. The summed E-state index contributed by atoms with van der Waals surface area (Å²) in [7, 11) is 1.88. The number of hydrogen-bond acceptors (Lipinski definition) is 5. The number of halogens is 1. The maximum absolute atomic E-state index is 12.4. The quantitative estimate of drug-likeness (QED) is 0.648. The first kappa shape index (κ1) is 18.2. The first-order chi connectivity index (χ1) is 10.0. The van der Waals surface area contributed by atoms with Gasteiger partial charge in [-0.25, -0.2) is 0 Å². The largest absolute Gasteiger partial charge is 0.502 e. The molecular weight excluding hydrogens is 310 g/mol. The number of carbonyl (C=O) groups is 1. The fraction of sp³-hybridized carbons (Fsp3) is 0.500. The number of nitro groups is 1. The number of nitrogens with zero attached hydrogens (tertiary/aromatic N) is 2. The van der Waals surface area contributed by atoms with Crippen LogP contribution in [0.15, 0.2) is 18.2 Å². The number of piperidine rings is 1. The number of likely N-dealkylation sites (tertiary alicyclic amines) is 1. The molecule has 1 saturated heterocycles. The van der Waals surface area contributed by atoms with Gasteiger partial charge in [0, 0.05) is 24.7 Å². The van der Waals surface area contributed by atoms with Crippen molar-refractivity contribution in [2.24, 2.45) is 5.92 Å². The van der Waals surface area contributed by atoms with Crippen LogP contribution in [-0.2, 0) is 0 Å². The summed E-state index contributed by atoms with van der Waals surface area (Å²) in [6.07, 6.45) is 2.02. The molecule has 0 bridgehead atoms. The smallest absolute Gasteiger partial charge is 0.310 e. The molecule has 122 valence electrons. The molecule has 1 fully saturated rings. The van der Waals surface area contributed by atoms with Gasteiger partial charge in [-0.2, -0.15) is 0 Å². The lowest BCUT2D eigenvalue weighted by atomic mass is 9.97. The van der Waals surface area contributed by atoms with Crippen LogP contribution in [-0.4, -0.2) is 47.5 Å². The lowest BCUT2D eigenvalue weighted by Crippen LogP contribution is -2.42. The second kappa shape index (κ2) is 7.95. The minimum Gasteiger partial charge on any atom is -0.502 e. The maximum atomic E-state index is 12.4. The fourth-order valence-electron chi connectivity index (χ4n) is 2.70. The lowest BCUT2D eigenvalue weighted by Gasteiger charge is -2.32. The van der Waals surface area contributed by atoms with E-state index in [4.69, 9.17) is 0 Å². The van der Waals surface area contributed by atoms with Gasteiger partial charge >= 0.3 is 5.69 Å². The van der Waals surface area contributed by atoms with E-state index in [1.807, 2.05) is 7.05 Å². The normalized spacial score (nSPS) is 17.7. The van der Waals surface area contributed by atoms with E-state index in [1.165, 1.54) is 12.1 Å². The maximum Gasteiger partial charge on any atom is 0.310 e. The molecule has 2 N–H and O–H groups in total. The lowest BCUT2D eigenvalue weighted by molar-refractivity contribution is -0.385. The zero-order valence-electron chi connectivity index (χ0n) is 12.3. The van der Waals surface area contributed by atoms with Crippen LogP contribution in [0.1, 0.15) is 23.2 Å². The minimum atomic E-state index is -0.673. The molecule has 2 rings (SSSR count). The van der Waals surface area contributed by atoms with Crippen molar-refractivity contribution in [2.75, 3.05) is 26.7 Å². The molecule has 1 amide bonds. The minimum absolute atomic E-state index is 0. The van der Waals surface area contributed by atoms with Gasteiger partial charge in [0.2, 0.25) is 0 Å². The van der Waals surface area contributed by atoms with Gasteiger partial charge in [-0.1, -0.05) is 0 Å². The van der Waals surface area contributed by atoms with Crippen molar-refractivity contribution in [1.82, 2.24) is 10.2 Å². The number of nitro benzene ring substituents is 1. The van der Waals surface area contributed by atoms with Gasteiger partial charge in [-0.05, 0) is 44.5 Å². The zero-order valence-corrected chi connectivity index (χ0v) is 13.1. The monoisotopic (exact) mass is 329 g/mol. The van der Waals surface area contributed by atoms with Crippen LogP contribution in [0.2, 0.25) is 0 Å². The highest BCUT2D eigenvalue weighted by Gasteiger charge is 2.25. The molecule has 8 heteroatoms. The van der Waals surface area contributed by atoms with Gasteiger partial charge in [-0.3, -0.25) is 14.9 Å². The Morgan fingerprint density at radius 1 is 1.55 bits per heavy atom. The van der Waals surface area contributed by atoms with Gasteiger partial charge < -0.3 is 15.3 Å². The molecule has 7 nitrogen and oxygen atoms in total. The molecule has 0 aromatic heterocycles. The van der Waals surface area contributed by atoms with E-state index in [0.717, 1.165) is 25.5 Å². The van der Waals surface area contributed by atoms with Crippen LogP contribution in [0.3, 0.4) is 0 Å². The van der Waals surface area contributed by atoms with Crippen molar-refractivity contribution in [3.05, 3.63) is 33.9 Å². The third-order valence-corrected chi connectivity index (χ3v) is 3.72. The van der Waals surface area contributed by atoms with Gasteiger partial charge in [0.05, 0.1) is 4.92 Å². The molecule has 1 heterocycles. The number of amides is 1. The molecule has 1 aromatic rings. The average molecular weight is 330 g/mol. The van der Waals surface area contributed by atoms with Crippen molar-refractivity contribution in [3.8, 4) is 5.75 Å².